The molecule has 2 rings (SSSR count). The fraction of sp³-hybridized carbons (Fsp3) is 0.467. The fourth-order valence-electron chi connectivity index (χ4n) is 2.52. The Hall–Kier alpha value is -1.92. The van der Waals surface area contributed by atoms with Gasteiger partial charge in [0, 0.05) is 33.3 Å². The summed E-state index contributed by atoms with van der Waals surface area (Å²) in [7, 11) is 1.54. The lowest BCUT2D eigenvalue weighted by Gasteiger charge is -2.35. The van der Waals surface area contributed by atoms with Gasteiger partial charge in [0.1, 0.15) is 0 Å². The van der Waals surface area contributed by atoms with Gasteiger partial charge in [-0.05, 0) is 5.56 Å². The Morgan fingerprint density at radius 2 is 1.81 bits per heavy atom. The molecule has 1 heterocycles. The van der Waals surface area contributed by atoms with E-state index in [-0.39, 0.29) is 18.4 Å². The zero-order valence-electron chi connectivity index (χ0n) is 12.2. The van der Waals surface area contributed by atoms with Gasteiger partial charge in [0.05, 0.1) is 6.54 Å². The van der Waals surface area contributed by atoms with Gasteiger partial charge < -0.3 is 15.4 Å². The molecule has 1 atom stereocenters. The first-order valence-corrected chi connectivity index (χ1v) is 6.99. The van der Waals surface area contributed by atoms with Crippen LogP contribution in [0.25, 0.3) is 0 Å². The Morgan fingerprint density at radius 3 is 2.33 bits per heavy atom. The Morgan fingerprint density at radius 1 is 1.19 bits per heavy atom. The van der Waals surface area contributed by atoms with Crippen LogP contribution < -0.4 is 5.73 Å². The van der Waals surface area contributed by atoms with Crippen LogP contribution in [0.15, 0.2) is 30.3 Å². The van der Waals surface area contributed by atoms with Crippen LogP contribution in [0.3, 0.4) is 0 Å². The third kappa shape index (κ3) is 4.03. The molecule has 2 amide bonds. The number of carbonyl (C=O) groups is 2. The normalized spacial score (nSPS) is 17.5. The smallest absolute Gasteiger partial charge is 0.256 e. The molecule has 0 spiro atoms. The van der Waals surface area contributed by atoms with Crippen molar-refractivity contribution in [3.63, 3.8) is 0 Å². The molecule has 0 aromatic heterocycles. The molecule has 0 saturated carbocycles. The van der Waals surface area contributed by atoms with Gasteiger partial charge in [-0.1, -0.05) is 30.3 Å². The second kappa shape index (κ2) is 7.19. The van der Waals surface area contributed by atoms with E-state index in [2.05, 4.69) is 0 Å². The number of primary amides is 1. The second-order valence-corrected chi connectivity index (χ2v) is 5.09. The molecule has 1 saturated heterocycles. The third-order valence-corrected chi connectivity index (χ3v) is 3.63. The maximum atomic E-state index is 12.5. The van der Waals surface area contributed by atoms with E-state index < -0.39 is 6.10 Å². The Bertz CT molecular complexity index is 484. The van der Waals surface area contributed by atoms with Crippen LogP contribution in [0.5, 0.6) is 0 Å². The van der Waals surface area contributed by atoms with Crippen molar-refractivity contribution in [3.8, 4) is 0 Å². The molecule has 1 aromatic rings. The van der Waals surface area contributed by atoms with Gasteiger partial charge in [-0.2, -0.15) is 0 Å². The lowest BCUT2D eigenvalue weighted by Crippen LogP contribution is -2.51. The minimum absolute atomic E-state index is 0.0394. The molecule has 6 heteroatoms. The predicted octanol–water partition coefficient (Wildman–Crippen LogP) is 0.00360. The molecule has 21 heavy (non-hydrogen) atoms. The van der Waals surface area contributed by atoms with Gasteiger partial charge in [-0.3, -0.25) is 14.5 Å². The van der Waals surface area contributed by atoms with E-state index in [0.717, 1.165) is 5.56 Å². The van der Waals surface area contributed by atoms with Crippen molar-refractivity contribution in [3.05, 3.63) is 35.9 Å². The first kappa shape index (κ1) is 15.5. The molecule has 114 valence electrons. The largest absolute Gasteiger partial charge is 0.369 e. The number of benzene rings is 1. The number of methoxy groups -OCH3 is 1. The first-order valence-electron chi connectivity index (χ1n) is 6.99. The number of ether oxygens (including phenoxy) is 1. The highest BCUT2D eigenvalue weighted by atomic mass is 16.5. The molecule has 1 aromatic carbocycles. The van der Waals surface area contributed by atoms with Crippen molar-refractivity contribution in [2.24, 2.45) is 5.73 Å². The van der Waals surface area contributed by atoms with E-state index in [1.54, 1.807) is 12.0 Å². The van der Waals surface area contributed by atoms with E-state index in [1.807, 2.05) is 35.2 Å². The van der Waals surface area contributed by atoms with Crippen LogP contribution >= 0.6 is 0 Å². The topological polar surface area (TPSA) is 75.9 Å². The van der Waals surface area contributed by atoms with Crippen LogP contribution in [0, 0.1) is 0 Å². The summed E-state index contributed by atoms with van der Waals surface area (Å²) < 4.78 is 5.36. The molecule has 0 radical (unpaired) electrons. The van der Waals surface area contributed by atoms with Crippen LogP contribution in [0.4, 0.5) is 0 Å². The molecule has 1 aliphatic heterocycles. The summed E-state index contributed by atoms with van der Waals surface area (Å²) in [4.78, 5) is 27.2. The van der Waals surface area contributed by atoms with E-state index in [9.17, 15) is 9.59 Å². The van der Waals surface area contributed by atoms with Crippen LogP contribution in [0.1, 0.15) is 11.7 Å². The molecule has 1 aliphatic rings. The van der Waals surface area contributed by atoms with E-state index in [0.29, 0.717) is 26.2 Å². The average molecular weight is 291 g/mol. The summed E-state index contributed by atoms with van der Waals surface area (Å²) in [6.45, 7) is 2.71. The summed E-state index contributed by atoms with van der Waals surface area (Å²) in [6, 6.07) is 9.45. The number of hydrogen-bond donors (Lipinski definition) is 1. The molecular formula is C15H21N3O3. The number of nitrogens with zero attached hydrogens (tertiary/aromatic N) is 2. The number of rotatable bonds is 5. The molecule has 2 N–H and O–H groups in total. The van der Waals surface area contributed by atoms with Crippen LogP contribution in [-0.4, -0.2) is 61.4 Å². The third-order valence-electron chi connectivity index (χ3n) is 3.63. The van der Waals surface area contributed by atoms with Crippen molar-refractivity contribution < 1.29 is 14.3 Å². The fourth-order valence-corrected chi connectivity index (χ4v) is 2.52. The highest BCUT2D eigenvalue weighted by Crippen LogP contribution is 2.20. The van der Waals surface area contributed by atoms with Gasteiger partial charge in [-0.25, -0.2) is 0 Å². The molecule has 0 bridgehead atoms. The number of amides is 2. The molecule has 1 unspecified atom stereocenters. The second-order valence-electron chi connectivity index (χ2n) is 5.09. The number of carbonyl (C=O) groups excluding carboxylic acids is 2. The molecule has 6 nitrogen and oxygen atoms in total. The maximum absolute atomic E-state index is 12.5. The van der Waals surface area contributed by atoms with Crippen molar-refractivity contribution in [1.29, 1.82) is 0 Å². The van der Waals surface area contributed by atoms with E-state index in [4.69, 9.17) is 10.5 Å². The Kier molecular flexibility index (Phi) is 5.30. The summed E-state index contributed by atoms with van der Waals surface area (Å²) in [5, 5.41) is 0. The van der Waals surface area contributed by atoms with Gasteiger partial charge >= 0.3 is 0 Å². The highest BCUT2D eigenvalue weighted by molar-refractivity contribution is 5.82. The van der Waals surface area contributed by atoms with Crippen LogP contribution in [-0.2, 0) is 14.3 Å². The summed E-state index contributed by atoms with van der Waals surface area (Å²) >= 11 is 0. The minimum Gasteiger partial charge on any atom is -0.369 e. The average Bonchev–Trinajstić information content (AvgIpc) is 2.49. The highest BCUT2D eigenvalue weighted by Gasteiger charge is 2.28. The van der Waals surface area contributed by atoms with Gasteiger partial charge in [0.2, 0.25) is 5.91 Å². The van der Waals surface area contributed by atoms with E-state index >= 15 is 0 Å². The van der Waals surface area contributed by atoms with Crippen molar-refractivity contribution >= 4 is 11.8 Å². The lowest BCUT2D eigenvalue weighted by atomic mass is 10.1. The van der Waals surface area contributed by atoms with Gasteiger partial charge in [-0.15, -0.1) is 0 Å². The minimum atomic E-state index is -0.575. The summed E-state index contributed by atoms with van der Waals surface area (Å²) in [6.07, 6.45) is -0.575. The number of hydrogen-bond acceptors (Lipinski definition) is 4. The monoisotopic (exact) mass is 291 g/mol. The zero-order valence-corrected chi connectivity index (χ0v) is 12.2. The SMILES string of the molecule is COC(C(=O)N1CCN(CC(N)=O)CC1)c1ccccc1. The zero-order chi connectivity index (χ0) is 15.2. The molecule has 1 fully saturated rings. The van der Waals surface area contributed by atoms with Crippen molar-refractivity contribution in [2.45, 2.75) is 6.10 Å². The van der Waals surface area contributed by atoms with Crippen molar-refractivity contribution in [1.82, 2.24) is 9.80 Å². The maximum Gasteiger partial charge on any atom is 0.256 e. The first-order chi connectivity index (χ1) is 10.1. The summed E-state index contributed by atoms with van der Waals surface area (Å²) in [5.41, 5.74) is 6.03. The lowest BCUT2D eigenvalue weighted by molar-refractivity contribution is -0.144. The van der Waals surface area contributed by atoms with Crippen LogP contribution in [0.2, 0.25) is 0 Å². The standard InChI is InChI=1S/C15H21N3O3/c1-21-14(12-5-3-2-4-6-12)15(20)18-9-7-17(8-10-18)11-13(16)19/h2-6,14H,7-11H2,1H3,(H2,16,19). The Balaban J connectivity index is 1.96. The van der Waals surface area contributed by atoms with Gasteiger partial charge in [0.15, 0.2) is 6.10 Å². The van der Waals surface area contributed by atoms with Gasteiger partial charge in [0.25, 0.3) is 5.91 Å². The number of nitrogens with two attached hydrogens (primary N) is 1. The predicted molar refractivity (Wildman–Crippen MR) is 78.4 cm³/mol. The van der Waals surface area contributed by atoms with Crippen molar-refractivity contribution in [2.75, 3.05) is 39.8 Å². The van der Waals surface area contributed by atoms with E-state index in [1.165, 1.54) is 0 Å². The molecular weight excluding hydrogens is 270 g/mol. The molecule has 0 aliphatic carbocycles. The number of piperazine rings is 1. The quantitative estimate of drug-likeness (QED) is 0.829. The summed E-state index contributed by atoms with van der Waals surface area (Å²) in [5.74, 6) is -0.378. The Labute approximate surface area is 124 Å².